The highest BCUT2D eigenvalue weighted by molar-refractivity contribution is 6.46. The minimum Gasteiger partial charge on any atom is -0.872 e. The highest BCUT2D eigenvalue weighted by atomic mass is 16.5. The molecule has 1 unspecified atom stereocenters. The van der Waals surface area contributed by atoms with Gasteiger partial charge >= 0.3 is 0 Å². The summed E-state index contributed by atoms with van der Waals surface area (Å²) < 4.78 is 10.9. The molecule has 0 radical (unpaired) electrons. The lowest BCUT2D eigenvalue weighted by atomic mass is 9.95. The van der Waals surface area contributed by atoms with Gasteiger partial charge in [-0.05, 0) is 49.2 Å². The fourth-order valence-corrected chi connectivity index (χ4v) is 3.95. The zero-order chi connectivity index (χ0) is 24.1. The predicted octanol–water partition coefficient (Wildman–Crippen LogP) is 1.24. The number of benzene rings is 2. The van der Waals surface area contributed by atoms with E-state index in [1.54, 1.807) is 55.6 Å². The molecule has 7 heteroatoms. The molecule has 0 spiro atoms. The molecule has 0 saturated carbocycles. The Morgan fingerprint density at radius 1 is 1.03 bits per heavy atom. The molecular formula is C26H32N2O5. The molecule has 1 aliphatic heterocycles. The number of Topliss-reactive ketones (excluding diaryl/α,β-unsaturated/α-hetero) is 1. The molecule has 3 rings (SSSR count). The first-order valence-corrected chi connectivity index (χ1v) is 11.2. The third-order valence-electron chi connectivity index (χ3n) is 5.53. The molecule has 1 heterocycles. The second-order valence-corrected chi connectivity index (χ2v) is 8.75. The van der Waals surface area contributed by atoms with E-state index in [4.69, 9.17) is 9.47 Å². The van der Waals surface area contributed by atoms with Crippen LogP contribution in [0.2, 0.25) is 0 Å². The van der Waals surface area contributed by atoms with Crippen LogP contribution in [0.25, 0.3) is 5.76 Å². The van der Waals surface area contributed by atoms with Crippen molar-refractivity contribution in [3.05, 3.63) is 65.2 Å². The van der Waals surface area contributed by atoms with Crippen LogP contribution in [0.5, 0.6) is 11.5 Å². The maximum absolute atomic E-state index is 13.5. The second-order valence-electron chi connectivity index (χ2n) is 8.75. The first kappa shape index (κ1) is 24.3. The lowest BCUT2D eigenvalue weighted by Gasteiger charge is -2.28. The fraction of sp³-hybridized carbons (Fsp3) is 0.385. The number of ketones is 1. The van der Waals surface area contributed by atoms with Crippen molar-refractivity contribution in [1.82, 2.24) is 4.90 Å². The molecule has 0 bridgehead atoms. The minimum atomic E-state index is -0.736. The van der Waals surface area contributed by atoms with Gasteiger partial charge < -0.3 is 24.4 Å². The molecule has 1 fully saturated rings. The van der Waals surface area contributed by atoms with Crippen molar-refractivity contribution in [2.75, 3.05) is 34.3 Å². The van der Waals surface area contributed by atoms with Gasteiger partial charge in [0.05, 0.1) is 39.9 Å². The van der Waals surface area contributed by atoms with E-state index in [1.807, 2.05) is 27.9 Å². The molecule has 33 heavy (non-hydrogen) atoms. The SMILES string of the molecule is COc1ccc(C2C(=C([O-])c3ccc(OC(C)C)cc3)C(=O)C(=O)N2CCC[NH+](C)C)cc1. The summed E-state index contributed by atoms with van der Waals surface area (Å²) in [5.74, 6) is -0.509. The lowest BCUT2D eigenvalue weighted by Crippen LogP contribution is -3.05. The smallest absolute Gasteiger partial charge is 0.295 e. The molecule has 2 aromatic rings. The number of likely N-dealkylation sites (tertiary alicyclic amines) is 1. The van der Waals surface area contributed by atoms with Crippen LogP contribution in [0.1, 0.15) is 37.4 Å². The molecule has 1 atom stereocenters. The Balaban J connectivity index is 2.03. The van der Waals surface area contributed by atoms with Crippen LogP contribution in [0.15, 0.2) is 54.1 Å². The number of hydrogen-bond acceptors (Lipinski definition) is 5. The third-order valence-corrected chi connectivity index (χ3v) is 5.53. The van der Waals surface area contributed by atoms with Crippen LogP contribution >= 0.6 is 0 Å². The topological polar surface area (TPSA) is 83.3 Å². The van der Waals surface area contributed by atoms with Crippen LogP contribution in [0.3, 0.4) is 0 Å². The van der Waals surface area contributed by atoms with Gasteiger partial charge in [0.1, 0.15) is 11.5 Å². The number of rotatable bonds is 9. The van der Waals surface area contributed by atoms with Crippen molar-refractivity contribution in [2.45, 2.75) is 32.4 Å². The summed E-state index contributed by atoms with van der Waals surface area (Å²) in [7, 11) is 5.64. The Kier molecular flexibility index (Phi) is 7.76. The Bertz CT molecular complexity index is 1010. The van der Waals surface area contributed by atoms with E-state index >= 15 is 0 Å². The van der Waals surface area contributed by atoms with Crippen LogP contribution in [-0.2, 0) is 9.59 Å². The molecule has 7 nitrogen and oxygen atoms in total. The van der Waals surface area contributed by atoms with Crippen LogP contribution in [-0.4, -0.2) is 57.0 Å². The third kappa shape index (κ3) is 5.54. The number of ether oxygens (including phenoxy) is 2. The second kappa shape index (κ2) is 10.5. The Hall–Kier alpha value is -3.32. The number of methoxy groups -OCH3 is 1. The first-order valence-electron chi connectivity index (χ1n) is 11.2. The number of quaternary nitrogens is 1. The number of amides is 1. The van der Waals surface area contributed by atoms with Crippen molar-refractivity contribution in [1.29, 1.82) is 0 Å². The molecule has 0 aliphatic carbocycles. The molecule has 2 aromatic carbocycles. The molecule has 0 aromatic heterocycles. The van der Waals surface area contributed by atoms with E-state index in [0.717, 1.165) is 13.0 Å². The molecule has 1 N–H and O–H groups in total. The van der Waals surface area contributed by atoms with Crippen molar-refractivity contribution in [2.24, 2.45) is 0 Å². The maximum atomic E-state index is 13.5. The normalized spacial score (nSPS) is 17.8. The van der Waals surface area contributed by atoms with E-state index in [1.165, 1.54) is 9.80 Å². The summed E-state index contributed by atoms with van der Waals surface area (Å²) in [6.45, 7) is 5.07. The van der Waals surface area contributed by atoms with Gasteiger partial charge in [0.25, 0.3) is 5.91 Å². The number of carbonyl (C=O) groups excluding carboxylic acids is 2. The maximum Gasteiger partial charge on any atom is 0.295 e. The van der Waals surface area contributed by atoms with E-state index in [0.29, 0.717) is 29.2 Å². The number of nitrogens with one attached hydrogen (secondary N) is 1. The van der Waals surface area contributed by atoms with Crippen molar-refractivity contribution >= 4 is 17.4 Å². The summed E-state index contributed by atoms with van der Waals surface area (Å²) in [5.41, 5.74) is 1.04. The van der Waals surface area contributed by atoms with Gasteiger partial charge in [0.15, 0.2) is 0 Å². The van der Waals surface area contributed by atoms with Crippen molar-refractivity contribution in [3.8, 4) is 11.5 Å². The summed E-state index contributed by atoms with van der Waals surface area (Å²) in [6, 6.07) is 13.1. The van der Waals surface area contributed by atoms with E-state index in [2.05, 4.69) is 0 Å². The fourth-order valence-electron chi connectivity index (χ4n) is 3.95. The van der Waals surface area contributed by atoms with Crippen LogP contribution in [0, 0.1) is 0 Å². The van der Waals surface area contributed by atoms with E-state index in [-0.39, 0.29) is 11.7 Å². The van der Waals surface area contributed by atoms with E-state index in [9.17, 15) is 14.7 Å². The molecule has 1 saturated heterocycles. The van der Waals surface area contributed by atoms with Crippen molar-refractivity contribution < 1.29 is 29.1 Å². The predicted molar refractivity (Wildman–Crippen MR) is 124 cm³/mol. The number of carbonyl (C=O) groups is 2. The molecule has 176 valence electrons. The quantitative estimate of drug-likeness (QED) is 0.352. The largest absolute Gasteiger partial charge is 0.872 e. The van der Waals surface area contributed by atoms with E-state index < -0.39 is 23.5 Å². The number of hydrogen-bond donors (Lipinski definition) is 1. The standard InChI is InChI=1S/C26H32N2O5/c1-17(2)33-21-13-9-19(10-14-21)24(29)22-23(18-7-11-20(32-5)12-8-18)28(26(31)25(22)30)16-6-15-27(3)4/h7-14,17,23,29H,6,15-16H2,1-5H3. The highest BCUT2D eigenvalue weighted by Gasteiger charge is 2.43. The van der Waals surface area contributed by atoms with Gasteiger partial charge in [-0.3, -0.25) is 9.59 Å². The van der Waals surface area contributed by atoms with Gasteiger partial charge in [0, 0.05) is 18.5 Å². The Morgan fingerprint density at radius 2 is 1.64 bits per heavy atom. The van der Waals surface area contributed by atoms with Gasteiger partial charge in [-0.15, -0.1) is 0 Å². The first-order chi connectivity index (χ1) is 15.7. The minimum absolute atomic E-state index is 0.00645. The summed E-state index contributed by atoms with van der Waals surface area (Å²) >= 11 is 0. The van der Waals surface area contributed by atoms with Gasteiger partial charge in [-0.1, -0.05) is 30.0 Å². The molecular weight excluding hydrogens is 420 g/mol. The monoisotopic (exact) mass is 452 g/mol. The number of nitrogens with zero attached hydrogens (tertiary/aromatic N) is 1. The Morgan fingerprint density at radius 3 is 2.18 bits per heavy atom. The van der Waals surface area contributed by atoms with Crippen molar-refractivity contribution in [3.63, 3.8) is 0 Å². The summed E-state index contributed by atoms with van der Waals surface area (Å²) in [6.07, 6.45) is 0.725. The summed E-state index contributed by atoms with van der Waals surface area (Å²) in [5, 5.41) is 13.5. The van der Waals surface area contributed by atoms with Gasteiger partial charge in [0.2, 0.25) is 5.78 Å². The van der Waals surface area contributed by atoms with Gasteiger partial charge in [-0.2, -0.15) is 0 Å². The highest BCUT2D eigenvalue weighted by Crippen LogP contribution is 2.39. The molecule has 1 amide bonds. The Labute approximate surface area is 195 Å². The average Bonchev–Trinajstić information content (AvgIpc) is 3.03. The zero-order valence-electron chi connectivity index (χ0n) is 19.9. The lowest BCUT2D eigenvalue weighted by molar-refractivity contribution is -0.858. The van der Waals surface area contributed by atoms with Gasteiger partial charge in [-0.25, -0.2) is 0 Å². The molecule has 1 aliphatic rings. The average molecular weight is 453 g/mol. The summed E-state index contributed by atoms with van der Waals surface area (Å²) in [4.78, 5) is 28.8. The van der Waals surface area contributed by atoms with Crippen LogP contribution < -0.4 is 19.5 Å². The van der Waals surface area contributed by atoms with Crippen LogP contribution in [0.4, 0.5) is 0 Å². The zero-order valence-corrected chi connectivity index (χ0v) is 19.9.